The lowest BCUT2D eigenvalue weighted by molar-refractivity contribution is 0.00937. The Hall–Kier alpha value is -0.120. The average molecular weight is 251 g/mol. The van der Waals surface area contributed by atoms with E-state index >= 15 is 0 Å². The summed E-state index contributed by atoms with van der Waals surface area (Å²) in [6.45, 7) is 6.05. The van der Waals surface area contributed by atoms with E-state index in [0.29, 0.717) is 5.54 Å². The Morgan fingerprint density at radius 2 is 1.72 bits per heavy atom. The van der Waals surface area contributed by atoms with Gasteiger partial charge in [0.1, 0.15) is 0 Å². The summed E-state index contributed by atoms with van der Waals surface area (Å²) in [6, 6.07) is 0.838. The molecule has 1 atom stereocenters. The standard InChI is InChI=1S/C15H29N3/c16-13-15(7-3-1-2-4-8-15)18-11-10-17-9-5-6-14(17)12-18/h14H,1-13,16H2. The predicted octanol–water partition coefficient (Wildman–Crippen LogP) is 1.82. The molecule has 0 bridgehead atoms. The Balaban J connectivity index is 1.70. The lowest BCUT2D eigenvalue weighted by atomic mass is 9.87. The van der Waals surface area contributed by atoms with Gasteiger partial charge in [-0.05, 0) is 32.2 Å². The molecule has 0 spiro atoms. The van der Waals surface area contributed by atoms with Gasteiger partial charge in [0, 0.05) is 37.8 Å². The van der Waals surface area contributed by atoms with Crippen molar-refractivity contribution in [1.82, 2.24) is 9.80 Å². The van der Waals surface area contributed by atoms with E-state index < -0.39 is 0 Å². The third kappa shape index (κ3) is 2.33. The van der Waals surface area contributed by atoms with E-state index in [1.165, 1.54) is 77.5 Å². The highest BCUT2D eigenvalue weighted by molar-refractivity contribution is 4.98. The molecule has 1 aliphatic carbocycles. The van der Waals surface area contributed by atoms with Crippen molar-refractivity contribution >= 4 is 0 Å². The van der Waals surface area contributed by atoms with Gasteiger partial charge in [-0.25, -0.2) is 0 Å². The van der Waals surface area contributed by atoms with Crippen molar-refractivity contribution in [3.63, 3.8) is 0 Å². The summed E-state index contributed by atoms with van der Waals surface area (Å²) in [5.74, 6) is 0. The van der Waals surface area contributed by atoms with Crippen molar-refractivity contribution in [3.8, 4) is 0 Å². The van der Waals surface area contributed by atoms with Crippen LogP contribution in [0.4, 0.5) is 0 Å². The second-order valence-corrected chi connectivity index (χ2v) is 6.62. The van der Waals surface area contributed by atoms with Crippen LogP contribution >= 0.6 is 0 Å². The largest absolute Gasteiger partial charge is 0.329 e. The van der Waals surface area contributed by atoms with E-state index in [9.17, 15) is 0 Å². The second-order valence-electron chi connectivity index (χ2n) is 6.62. The number of nitrogens with two attached hydrogens (primary N) is 1. The quantitative estimate of drug-likeness (QED) is 0.760. The summed E-state index contributed by atoms with van der Waals surface area (Å²) in [4.78, 5) is 5.49. The number of fused-ring (bicyclic) bond motifs is 1. The topological polar surface area (TPSA) is 32.5 Å². The zero-order valence-corrected chi connectivity index (χ0v) is 11.7. The molecule has 0 radical (unpaired) electrons. The molecule has 2 aliphatic heterocycles. The average Bonchev–Trinajstić information content (AvgIpc) is 2.74. The Morgan fingerprint density at radius 1 is 0.944 bits per heavy atom. The van der Waals surface area contributed by atoms with Crippen molar-refractivity contribution in [2.24, 2.45) is 5.73 Å². The van der Waals surface area contributed by atoms with Crippen molar-refractivity contribution < 1.29 is 0 Å². The van der Waals surface area contributed by atoms with Gasteiger partial charge in [-0.2, -0.15) is 0 Å². The summed E-state index contributed by atoms with van der Waals surface area (Å²) < 4.78 is 0. The third-order valence-corrected chi connectivity index (χ3v) is 5.67. The summed E-state index contributed by atoms with van der Waals surface area (Å²) in [6.07, 6.45) is 11.1. The van der Waals surface area contributed by atoms with Crippen molar-refractivity contribution in [1.29, 1.82) is 0 Å². The highest BCUT2D eigenvalue weighted by Crippen LogP contribution is 2.34. The van der Waals surface area contributed by atoms with Gasteiger partial charge in [0.15, 0.2) is 0 Å². The van der Waals surface area contributed by atoms with Crippen LogP contribution in [-0.2, 0) is 0 Å². The highest BCUT2D eigenvalue weighted by Gasteiger charge is 2.41. The molecule has 0 aromatic rings. The van der Waals surface area contributed by atoms with Crippen LogP contribution in [0.15, 0.2) is 0 Å². The van der Waals surface area contributed by atoms with Gasteiger partial charge < -0.3 is 5.73 Å². The maximum Gasteiger partial charge on any atom is 0.0332 e. The molecule has 3 fully saturated rings. The van der Waals surface area contributed by atoms with Crippen LogP contribution in [0.5, 0.6) is 0 Å². The predicted molar refractivity (Wildman–Crippen MR) is 75.7 cm³/mol. The molecule has 2 N–H and O–H groups in total. The number of rotatable bonds is 2. The Kier molecular flexibility index (Phi) is 3.92. The molecular formula is C15H29N3. The smallest absolute Gasteiger partial charge is 0.0332 e. The van der Waals surface area contributed by atoms with Gasteiger partial charge in [-0.1, -0.05) is 25.7 Å². The van der Waals surface area contributed by atoms with Gasteiger partial charge in [0.2, 0.25) is 0 Å². The molecule has 104 valence electrons. The van der Waals surface area contributed by atoms with Gasteiger partial charge in [0.05, 0.1) is 0 Å². The van der Waals surface area contributed by atoms with Gasteiger partial charge in [-0.15, -0.1) is 0 Å². The molecule has 2 heterocycles. The first-order chi connectivity index (χ1) is 8.84. The van der Waals surface area contributed by atoms with E-state index in [-0.39, 0.29) is 0 Å². The van der Waals surface area contributed by atoms with Crippen LogP contribution in [-0.4, -0.2) is 54.1 Å². The number of piperazine rings is 1. The third-order valence-electron chi connectivity index (χ3n) is 5.67. The lowest BCUT2D eigenvalue weighted by Gasteiger charge is -2.49. The van der Waals surface area contributed by atoms with E-state index in [2.05, 4.69) is 9.80 Å². The first-order valence-electron chi connectivity index (χ1n) is 8.03. The molecule has 2 saturated heterocycles. The minimum atomic E-state index is 0.352. The number of hydrogen-bond acceptors (Lipinski definition) is 3. The van der Waals surface area contributed by atoms with E-state index in [1.807, 2.05) is 0 Å². The van der Waals surface area contributed by atoms with Crippen LogP contribution in [0.1, 0.15) is 51.4 Å². The summed E-state index contributed by atoms with van der Waals surface area (Å²) >= 11 is 0. The number of hydrogen-bond donors (Lipinski definition) is 1. The summed E-state index contributed by atoms with van der Waals surface area (Å²) in [5, 5.41) is 0. The van der Waals surface area contributed by atoms with E-state index in [4.69, 9.17) is 5.73 Å². The first kappa shape index (κ1) is 12.9. The van der Waals surface area contributed by atoms with Crippen molar-refractivity contribution in [2.75, 3.05) is 32.7 Å². The van der Waals surface area contributed by atoms with Crippen LogP contribution in [0.2, 0.25) is 0 Å². The van der Waals surface area contributed by atoms with Crippen LogP contribution in [0.3, 0.4) is 0 Å². The molecule has 3 rings (SSSR count). The monoisotopic (exact) mass is 251 g/mol. The minimum absolute atomic E-state index is 0.352. The zero-order valence-electron chi connectivity index (χ0n) is 11.7. The van der Waals surface area contributed by atoms with Gasteiger partial charge in [0.25, 0.3) is 0 Å². The van der Waals surface area contributed by atoms with E-state index in [1.54, 1.807) is 0 Å². The number of nitrogens with zero attached hydrogens (tertiary/aromatic N) is 2. The molecule has 3 nitrogen and oxygen atoms in total. The maximum atomic E-state index is 6.22. The van der Waals surface area contributed by atoms with Crippen LogP contribution in [0.25, 0.3) is 0 Å². The SMILES string of the molecule is NCC1(N2CCN3CCCC3C2)CCCCCC1. The lowest BCUT2D eigenvalue weighted by Crippen LogP contribution is -2.61. The Morgan fingerprint density at radius 3 is 2.44 bits per heavy atom. The van der Waals surface area contributed by atoms with Crippen LogP contribution < -0.4 is 5.73 Å². The molecule has 1 saturated carbocycles. The summed E-state index contributed by atoms with van der Waals surface area (Å²) in [7, 11) is 0. The Bertz CT molecular complexity index is 271. The molecule has 18 heavy (non-hydrogen) atoms. The molecule has 3 heteroatoms. The Labute approximate surface area is 112 Å². The molecule has 0 aromatic heterocycles. The first-order valence-corrected chi connectivity index (χ1v) is 8.03. The van der Waals surface area contributed by atoms with Gasteiger partial charge >= 0.3 is 0 Å². The summed E-state index contributed by atoms with van der Waals surface area (Å²) in [5.41, 5.74) is 6.57. The fourth-order valence-corrected chi connectivity index (χ4v) is 4.46. The minimum Gasteiger partial charge on any atom is -0.329 e. The highest BCUT2D eigenvalue weighted by atomic mass is 15.3. The molecule has 0 amide bonds. The van der Waals surface area contributed by atoms with Gasteiger partial charge in [-0.3, -0.25) is 9.80 Å². The maximum absolute atomic E-state index is 6.22. The fourth-order valence-electron chi connectivity index (χ4n) is 4.46. The molecule has 1 unspecified atom stereocenters. The normalized spacial score (nSPS) is 34.2. The van der Waals surface area contributed by atoms with Crippen molar-refractivity contribution in [2.45, 2.75) is 62.9 Å². The zero-order chi connectivity index (χ0) is 12.4. The second kappa shape index (κ2) is 5.48. The molecule has 0 aromatic carbocycles. The molecule has 3 aliphatic rings. The fraction of sp³-hybridized carbons (Fsp3) is 1.00. The van der Waals surface area contributed by atoms with Crippen molar-refractivity contribution in [3.05, 3.63) is 0 Å². The molecular weight excluding hydrogens is 222 g/mol. The van der Waals surface area contributed by atoms with Crippen LogP contribution in [0, 0.1) is 0 Å². The van der Waals surface area contributed by atoms with E-state index in [0.717, 1.165) is 12.6 Å².